The van der Waals surface area contributed by atoms with Gasteiger partial charge in [-0.3, -0.25) is 4.79 Å². The number of nitrogens with zero attached hydrogens (tertiary/aromatic N) is 1. The van der Waals surface area contributed by atoms with Gasteiger partial charge in [0.25, 0.3) is 5.91 Å². The Morgan fingerprint density at radius 2 is 2.20 bits per heavy atom. The lowest BCUT2D eigenvalue weighted by atomic mass is 10.1. The zero-order chi connectivity index (χ0) is 14.1. The second kappa shape index (κ2) is 5.32. The van der Waals surface area contributed by atoms with Crippen LogP contribution in [0.3, 0.4) is 0 Å². The Kier molecular flexibility index (Phi) is 3.53. The van der Waals surface area contributed by atoms with Gasteiger partial charge in [0.15, 0.2) is 4.67 Å². The topological polar surface area (TPSA) is 59.5 Å². The van der Waals surface area contributed by atoms with E-state index in [1.165, 1.54) is 6.26 Å². The molecule has 4 nitrogen and oxygen atoms in total. The third-order valence-corrected chi connectivity index (χ3v) is 4.01. The fourth-order valence-electron chi connectivity index (χ4n) is 2.24. The molecule has 0 radical (unpaired) electrons. The number of nitrogens with two attached hydrogens (primary N) is 1. The molecule has 0 spiro atoms. The van der Waals surface area contributed by atoms with Gasteiger partial charge in [0.05, 0.1) is 11.8 Å². The first-order chi connectivity index (χ1) is 9.65. The Hall–Kier alpha value is -1.75. The van der Waals surface area contributed by atoms with Crippen LogP contribution < -0.4 is 5.73 Å². The molecule has 1 aliphatic rings. The highest BCUT2D eigenvalue weighted by atomic mass is 79.9. The largest absolute Gasteiger partial charge is 0.457 e. The van der Waals surface area contributed by atoms with E-state index in [9.17, 15) is 4.79 Å². The minimum Gasteiger partial charge on any atom is -0.457 e. The number of amides is 1. The summed E-state index contributed by atoms with van der Waals surface area (Å²) in [4.78, 5) is 14.5. The summed E-state index contributed by atoms with van der Waals surface area (Å²) in [6, 6.07) is 9.68. The van der Waals surface area contributed by atoms with Crippen molar-refractivity contribution in [1.29, 1.82) is 0 Å². The first kappa shape index (κ1) is 13.2. The van der Waals surface area contributed by atoms with Gasteiger partial charge in [-0.05, 0) is 52.5 Å². The van der Waals surface area contributed by atoms with Gasteiger partial charge >= 0.3 is 0 Å². The van der Waals surface area contributed by atoms with Gasteiger partial charge in [0.2, 0.25) is 0 Å². The van der Waals surface area contributed by atoms with Crippen LogP contribution in [0.25, 0.3) is 0 Å². The van der Waals surface area contributed by atoms with Gasteiger partial charge in [-0.15, -0.1) is 0 Å². The van der Waals surface area contributed by atoms with Crippen molar-refractivity contribution in [3.8, 4) is 0 Å². The number of halogens is 1. The van der Waals surface area contributed by atoms with Crippen LogP contribution in [0.4, 0.5) is 5.69 Å². The summed E-state index contributed by atoms with van der Waals surface area (Å²) in [6.07, 6.45) is 3.63. The molecule has 0 saturated heterocycles. The average molecular weight is 335 g/mol. The highest BCUT2D eigenvalue weighted by Gasteiger charge is 2.34. The number of anilines is 1. The predicted molar refractivity (Wildman–Crippen MR) is 80.2 cm³/mol. The maximum absolute atomic E-state index is 12.6. The summed E-state index contributed by atoms with van der Waals surface area (Å²) >= 11 is 3.27. The number of furan rings is 1. The lowest BCUT2D eigenvalue weighted by Gasteiger charge is -2.22. The molecule has 0 unspecified atom stereocenters. The minimum atomic E-state index is -0.00412. The number of carbonyl (C=O) groups is 1. The normalized spacial score (nSPS) is 14.2. The number of rotatable bonds is 4. The zero-order valence-electron chi connectivity index (χ0n) is 10.9. The summed E-state index contributed by atoms with van der Waals surface area (Å²) in [5.74, 6) is -0.00412. The van der Waals surface area contributed by atoms with Crippen molar-refractivity contribution in [2.45, 2.75) is 25.4 Å². The molecule has 2 N–H and O–H groups in total. The van der Waals surface area contributed by atoms with Gasteiger partial charge in [-0.25, -0.2) is 0 Å². The highest BCUT2D eigenvalue weighted by molar-refractivity contribution is 9.10. The Morgan fingerprint density at radius 1 is 1.40 bits per heavy atom. The number of nitrogen functional groups attached to an aromatic ring is 1. The van der Waals surface area contributed by atoms with Crippen molar-refractivity contribution in [1.82, 2.24) is 4.90 Å². The van der Waals surface area contributed by atoms with E-state index in [0.29, 0.717) is 22.8 Å². The molecule has 1 aromatic carbocycles. The molecule has 0 aliphatic heterocycles. The quantitative estimate of drug-likeness (QED) is 0.871. The second-order valence-corrected chi connectivity index (χ2v) is 5.74. The Balaban J connectivity index is 1.83. The summed E-state index contributed by atoms with van der Waals surface area (Å²) in [5, 5.41) is 0. The molecule has 0 atom stereocenters. The first-order valence-corrected chi connectivity index (χ1v) is 7.33. The standard InChI is InChI=1S/C15H15BrN2O2/c16-14-13(6-7-20-14)15(19)18(12-4-5-12)9-10-2-1-3-11(17)8-10/h1-3,6-8,12H,4-5,9,17H2. The maximum atomic E-state index is 12.6. The van der Waals surface area contributed by atoms with Crippen LogP contribution >= 0.6 is 15.9 Å². The van der Waals surface area contributed by atoms with Gasteiger partial charge in [0, 0.05) is 18.3 Å². The minimum absolute atomic E-state index is 0.00412. The number of hydrogen-bond donors (Lipinski definition) is 1. The second-order valence-electron chi connectivity index (χ2n) is 5.02. The van der Waals surface area contributed by atoms with Gasteiger partial charge in [-0.2, -0.15) is 0 Å². The van der Waals surface area contributed by atoms with Crippen LogP contribution in [0.5, 0.6) is 0 Å². The van der Waals surface area contributed by atoms with E-state index in [2.05, 4.69) is 15.9 Å². The molecule has 1 fully saturated rings. The maximum Gasteiger partial charge on any atom is 0.258 e. The zero-order valence-corrected chi connectivity index (χ0v) is 12.5. The third-order valence-electron chi connectivity index (χ3n) is 3.40. The van der Waals surface area contributed by atoms with Crippen molar-refractivity contribution in [3.05, 3.63) is 52.4 Å². The molecule has 1 aromatic heterocycles. The highest BCUT2D eigenvalue weighted by Crippen LogP contribution is 2.31. The van der Waals surface area contributed by atoms with Gasteiger partial charge in [-0.1, -0.05) is 12.1 Å². The van der Waals surface area contributed by atoms with E-state index >= 15 is 0 Å². The van der Waals surface area contributed by atoms with Crippen LogP contribution in [0, 0.1) is 0 Å². The van der Waals surface area contributed by atoms with Crippen molar-refractivity contribution in [2.75, 3.05) is 5.73 Å². The molecule has 3 rings (SSSR count). The van der Waals surface area contributed by atoms with E-state index in [1.54, 1.807) is 6.07 Å². The van der Waals surface area contributed by atoms with Crippen LogP contribution in [0.1, 0.15) is 28.8 Å². The molecule has 0 bridgehead atoms. The summed E-state index contributed by atoms with van der Waals surface area (Å²) < 4.78 is 5.64. The fourth-order valence-corrected chi connectivity index (χ4v) is 2.65. The average Bonchev–Trinajstić information content (AvgIpc) is 3.17. The van der Waals surface area contributed by atoms with Crippen molar-refractivity contribution >= 4 is 27.5 Å². The predicted octanol–water partition coefficient (Wildman–Crippen LogP) is 3.43. The van der Waals surface area contributed by atoms with Crippen molar-refractivity contribution < 1.29 is 9.21 Å². The van der Waals surface area contributed by atoms with Gasteiger partial charge < -0.3 is 15.1 Å². The molecular weight excluding hydrogens is 320 g/mol. The lowest BCUT2D eigenvalue weighted by molar-refractivity contribution is 0.0728. The van der Waals surface area contributed by atoms with Crippen LogP contribution in [-0.2, 0) is 6.54 Å². The fraction of sp³-hybridized carbons (Fsp3) is 0.267. The van der Waals surface area contributed by atoms with Crippen molar-refractivity contribution in [2.24, 2.45) is 0 Å². The first-order valence-electron chi connectivity index (χ1n) is 6.53. The Morgan fingerprint density at radius 3 is 2.80 bits per heavy atom. The number of hydrogen-bond acceptors (Lipinski definition) is 3. The van der Waals surface area contributed by atoms with E-state index in [1.807, 2.05) is 29.2 Å². The van der Waals surface area contributed by atoms with E-state index in [-0.39, 0.29) is 5.91 Å². The van der Waals surface area contributed by atoms with Crippen molar-refractivity contribution in [3.63, 3.8) is 0 Å². The monoisotopic (exact) mass is 334 g/mol. The SMILES string of the molecule is Nc1cccc(CN(C(=O)c2ccoc2Br)C2CC2)c1. The van der Waals surface area contributed by atoms with E-state index in [0.717, 1.165) is 24.1 Å². The molecule has 1 heterocycles. The third kappa shape index (κ3) is 2.72. The molecular formula is C15H15BrN2O2. The summed E-state index contributed by atoms with van der Waals surface area (Å²) in [7, 11) is 0. The summed E-state index contributed by atoms with van der Waals surface area (Å²) in [5.41, 5.74) is 8.13. The van der Waals surface area contributed by atoms with Crippen LogP contribution in [-0.4, -0.2) is 16.8 Å². The van der Waals surface area contributed by atoms with E-state index in [4.69, 9.17) is 10.2 Å². The Labute approximate surface area is 125 Å². The van der Waals surface area contributed by atoms with Crippen LogP contribution in [0.15, 0.2) is 45.7 Å². The van der Waals surface area contributed by atoms with Gasteiger partial charge in [0.1, 0.15) is 0 Å². The number of benzene rings is 1. The molecule has 1 amide bonds. The smallest absolute Gasteiger partial charge is 0.258 e. The molecule has 1 saturated carbocycles. The molecule has 2 aromatic rings. The summed E-state index contributed by atoms with van der Waals surface area (Å²) in [6.45, 7) is 0.576. The van der Waals surface area contributed by atoms with Crippen LogP contribution in [0.2, 0.25) is 0 Å². The lowest BCUT2D eigenvalue weighted by Crippen LogP contribution is -2.32. The Bertz CT molecular complexity index is 634. The van der Waals surface area contributed by atoms with E-state index < -0.39 is 0 Å². The molecule has 5 heteroatoms. The molecule has 20 heavy (non-hydrogen) atoms. The number of carbonyl (C=O) groups excluding carboxylic acids is 1. The molecule has 104 valence electrons. The molecule has 1 aliphatic carbocycles.